The molecule has 0 aliphatic carbocycles. The number of aliphatic hydroxyl groups excluding tert-OH is 2. The first kappa shape index (κ1) is 7.98. The standard InChI is InChI=1S/C7H15NO2/c1-2-5-3-7(10)6(4-9)8-5/h5-10H,2-4H2,1H3. The molecular formula is C7H15NO2. The summed E-state index contributed by atoms with van der Waals surface area (Å²) in [7, 11) is 0. The average molecular weight is 145 g/mol. The minimum atomic E-state index is -0.352. The second kappa shape index (κ2) is 3.32. The molecule has 0 amide bonds. The van der Waals surface area contributed by atoms with E-state index in [0.29, 0.717) is 6.04 Å². The Bertz CT molecular complexity index is 108. The fraction of sp³-hybridized carbons (Fsp3) is 1.00. The quantitative estimate of drug-likeness (QED) is 0.490. The molecule has 0 saturated carbocycles. The highest BCUT2D eigenvalue weighted by atomic mass is 16.3. The fourth-order valence-electron chi connectivity index (χ4n) is 1.40. The van der Waals surface area contributed by atoms with Crippen molar-refractivity contribution in [2.24, 2.45) is 0 Å². The third-order valence-electron chi connectivity index (χ3n) is 2.13. The summed E-state index contributed by atoms with van der Waals surface area (Å²) in [6.07, 6.45) is 1.45. The van der Waals surface area contributed by atoms with Gasteiger partial charge in [-0.3, -0.25) is 0 Å². The van der Waals surface area contributed by atoms with Gasteiger partial charge in [-0.1, -0.05) is 6.92 Å². The molecule has 0 spiro atoms. The largest absolute Gasteiger partial charge is 0.395 e. The lowest BCUT2D eigenvalue weighted by Crippen LogP contribution is -2.36. The molecule has 0 aromatic carbocycles. The van der Waals surface area contributed by atoms with Crippen molar-refractivity contribution in [3.8, 4) is 0 Å². The Hall–Kier alpha value is -0.120. The van der Waals surface area contributed by atoms with Gasteiger partial charge in [-0.2, -0.15) is 0 Å². The SMILES string of the molecule is CCC1CC(O)C(CO)N1. The summed E-state index contributed by atoms with van der Waals surface area (Å²) in [5.41, 5.74) is 0. The third kappa shape index (κ3) is 1.48. The van der Waals surface area contributed by atoms with Gasteiger partial charge in [0.25, 0.3) is 0 Å². The van der Waals surface area contributed by atoms with E-state index in [4.69, 9.17) is 5.11 Å². The molecule has 3 unspecified atom stereocenters. The topological polar surface area (TPSA) is 52.5 Å². The summed E-state index contributed by atoms with van der Waals surface area (Å²) < 4.78 is 0. The molecule has 3 atom stereocenters. The van der Waals surface area contributed by atoms with Crippen LogP contribution < -0.4 is 5.32 Å². The van der Waals surface area contributed by atoms with E-state index in [2.05, 4.69) is 12.2 Å². The van der Waals surface area contributed by atoms with Crippen LogP contribution in [0.3, 0.4) is 0 Å². The van der Waals surface area contributed by atoms with Gasteiger partial charge in [-0.05, 0) is 12.8 Å². The number of hydrogen-bond acceptors (Lipinski definition) is 3. The van der Waals surface area contributed by atoms with Crippen molar-refractivity contribution in [2.75, 3.05) is 6.61 Å². The van der Waals surface area contributed by atoms with Crippen LogP contribution in [0.5, 0.6) is 0 Å². The second-order valence-corrected chi connectivity index (χ2v) is 2.86. The minimum absolute atomic E-state index is 0.0394. The summed E-state index contributed by atoms with van der Waals surface area (Å²) in [4.78, 5) is 0. The van der Waals surface area contributed by atoms with Crippen LogP contribution in [-0.2, 0) is 0 Å². The first-order valence-electron chi connectivity index (χ1n) is 3.83. The molecule has 10 heavy (non-hydrogen) atoms. The van der Waals surface area contributed by atoms with Crippen molar-refractivity contribution in [1.82, 2.24) is 5.32 Å². The van der Waals surface area contributed by atoms with Crippen molar-refractivity contribution >= 4 is 0 Å². The highest BCUT2D eigenvalue weighted by Gasteiger charge is 2.29. The van der Waals surface area contributed by atoms with Gasteiger partial charge in [0.1, 0.15) is 0 Å². The Morgan fingerprint density at radius 2 is 2.30 bits per heavy atom. The van der Waals surface area contributed by atoms with Crippen molar-refractivity contribution in [3.05, 3.63) is 0 Å². The van der Waals surface area contributed by atoms with Gasteiger partial charge < -0.3 is 15.5 Å². The maximum Gasteiger partial charge on any atom is 0.0730 e. The molecule has 1 aliphatic rings. The zero-order chi connectivity index (χ0) is 7.56. The summed E-state index contributed by atoms with van der Waals surface area (Å²) in [6.45, 7) is 2.11. The molecule has 0 radical (unpaired) electrons. The summed E-state index contributed by atoms with van der Waals surface area (Å²) in [5.74, 6) is 0. The summed E-state index contributed by atoms with van der Waals surface area (Å²) in [5, 5.41) is 21.1. The number of hydrogen-bond donors (Lipinski definition) is 3. The molecule has 1 heterocycles. The van der Waals surface area contributed by atoms with E-state index >= 15 is 0 Å². The zero-order valence-electron chi connectivity index (χ0n) is 6.25. The molecule has 3 N–H and O–H groups in total. The first-order chi connectivity index (χ1) is 4.77. The molecule has 1 saturated heterocycles. The summed E-state index contributed by atoms with van der Waals surface area (Å²) in [6, 6.07) is 0.303. The minimum Gasteiger partial charge on any atom is -0.395 e. The van der Waals surface area contributed by atoms with Crippen LogP contribution in [0.2, 0.25) is 0 Å². The predicted molar refractivity (Wildman–Crippen MR) is 38.7 cm³/mol. The number of nitrogens with one attached hydrogen (secondary N) is 1. The van der Waals surface area contributed by atoms with E-state index in [9.17, 15) is 5.11 Å². The molecular weight excluding hydrogens is 130 g/mol. The lowest BCUT2D eigenvalue weighted by molar-refractivity contribution is 0.121. The maximum absolute atomic E-state index is 9.27. The number of rotatable bonds is 2. The molecule has 3 heteroatoms. The highest BCUT2D eigenvalue weighted by Crippen LogP contribution is 2.14. The van der Waals surface area contributed by atoms with Gasteiger partial charge >= 0.3 is 0 Å². The van der Waals surface area contributed by atoms with Crippen molar-refractivity contribution in [3.63, 3.8) is 0 Å². The number of aliphatic hydroxyl groups is 2. The fourth-order valence-corrected chi connectivity index (χ4v) is 1.40. The Balaban J connectivity index is 2.36. The van der Waals surface area contributed by atoms with Gasteiger partial charge in [0.15, 0.2) is 0 Å². The Morgan fingerprint density at radius 1 is 1.60 bits per heavy atom. The maximum atomic E-state index is 9.27. The molecule has 60 valence electrons. The Kier molecular flexibility index (Phi) is 2.65. The smallest absolute Gasteiger partial charge is 0.0730 e. The Labute approximate surface area is 61.1 Å². The Morgan fingerprint density at radius 3 is 2.60 bits per heavy atom. The van der Waals surface area contributed by atoms with Crippen LogP contribution in [0.25, 0.3) is 0 Å². The van der Waals surface area contributed by atoms with E-state index in [0.717, 1.165) is 12.8 Å². The molecule has 1 aliphatic heterocycles. The normalized spacial score (nSPS) is 40.5. The van der Waals surface area contributed by atoms with Crippen LogP contribution >= 0.6 is 0 Å². The monoisotopic (exact) mass is 145 g/mol. The molecule has 0 aromatic heterocycles. The van der Waals surface area contributed by atoms with Crippen molar-refractivity contribution in [1.29, 1.82) is 0 Å². The molecule has 3 nitrogen and oxygen atoms in total. The molecule has 1 rings (SSSR count). The van der Waals surface area contributed by atoms with E-state index < -0.39 is 0 Å². The molecule has 0 bridgehead atoms. The lowest BCUT2D eigenvalue weighted by Gasteiger charge is -2.10. The molecule has 0 aromatic rings. The van der Waals surface area contributed by atoms with Gasteiger partial charge in [0.2, 0.25) is 0 Å². The average Bonchev–Trinajstić information content (AvgIpc) is 2.30. The van der Waals surface area contributed by atoms with E-state index in [1.54, 1.807) is 0 Å². The highest BCUT2D eigenvalue weighted by molar-refractivity contribution is 4.89. The van der Waals surface area contributed by atoms with Crippen molar-refractivity contribution < 1.29 is 10.2 Å². The van der Waals surface area contributed by atoms with Crippen LogP contribution in [0, 0.1) is 0 Å². The van der Waals surface area contributed by atoms with Crippen LogP contribution in [0.4, 0.5) is 0 Å². The van der Waals surface area contributed by atoms with Gasteiger partial charge in [-0.25, -0.2) is 0 Å². The predicted octanol–water partition coefficient (Wildman–Crippen LogP) is -0.520. The van der Waals surface area contributed by atoms with Crippen LogP contribution in [0.1, 0.15) is 19.8 Å². The molecule has 1 fully saturated rings. The van der Waals surface area contributed by atoms with E-state index in [1.807, 2.05) is 0 Å². The third-order valence-corrected chi connectivity index (χ3v) is 2.13. The summed E-state index contributed by atoms with van der Waals surface area (Å²) >= 11 is 0. The second-order valence-electron chi connectivity index (χ2n) is 2.86. The zero-order valence-corrected chi connectivity index (χ0v) is 6.25. The van der Waals surface area contributed by atoms with Gasteiger partial charge in [-0.15, -0.1) is 0 Å². The van der Waals surface area contributed by atoms with E-state index in [-0.39, 0.29) is 18.8 Å². The van der Waals surface area contributed by atoms with Crippen molar-refractivity contribution in [2.45, 2.75) is 38.0 Å². The van der Waals surface area contributed by atoms with Crippen LogP contribution in [0.15, 0.2) is 0 Å². The lowest BCUT2D eigenvalue weighted by atomic mass is 10.1. The first-order valence-corrected chi connectivity index (χ1v) is 3.83. The van der Waals surface area contributed by atoms with Gasteiger partial charge in [0, 0.05) is 6.04 Å². The van der Waals surface area contributed by atoms with Crippen LogP contribution in [-0.4, -0.2) is 35.0 Å². The van der Waals surface area contributed by atoms with Gasteiger partial charge in [0.05, 0.1) is 18.8 Å². The van der Waals surface area contributed by atoms with E-state index in [1.165, 1.54) is 0 Å².